The van der Waals surface area contributed by atoms with E-state index in [0.29, 0.717) is 5.69 Å². The largest absolute Gasteiger partial charge is 0.462 e. The van der Waals surface area contributed by atoms with E-state index in [9.17, 15) is 13.2 Å². The summed E-state index contributed by atoms with van der Waals surface area (Å²) in [5.74, 6) is -0.772. The number of aryl methyl sites for hydroxylation is 1. The maximum atomic E-state index is 11.5. The van der Waals surface area contributed by atoms with E-state index in [1.807, 2.05) is 0 Å². The van der Waals surface area contributed by atoms with E-state index in [-0.39, 0.29) is 17.9 Å². The second kappa shape index (κ2) is 4.65. The lowest BCUT2D eigenvalue weighted by Gasteiger charge is -2.04. The SMILES string of the molecule is CCOC(=O)c1cnn(C)c1CS(C)(=O)=O. The Morgan fingerprint density at radius 2 is 2.19 bits per heavy atom. The average Bonchev–Trinajstić information content (AvgIpc) is 2.46. The van der Waals surface area contributed by atoms with Crippen molar-refractivity contribution in [2.45, 2.75) is 12.7 Å². The third-order valence-electron chi connectivity index (χ3n) is 1.96. The van der Waals surface area contributed by atoms with Crippen LogP contribution >= 0.6 is 0 Å². The quantitative estimate of drug-likeness (QED) is 0.706. The number of aromatic nitrogens is 2. The molecule has 1 heterocycles. The van der Waals surface area contributed by atoms with E-state index < -0.39 is 15.8 Å². The van der Waals surface area contributed by atoms with Gasteiger partial charge in [-0.05, 0) is 6.92 Å². The van der Waals surface area contributed by atoms with Gasteiger partial charge in [0.05, 0.1) is 24.3 Å². The number of nitrogens with zero attached hydrogens (tertiary/aromatic N) is 2. The molecule has 0 aliphatic heterocycles. The highest BCUT2D eigenvalue weighted by Crippen LogP contribution is 2.12. The van der Waals surface area contributed by atoms with Crippen molar-refractivity contribution in [2.75, 3.05) is 12.9 Å². The number of hydrogen-bond acceptors (Lipinski definition) is 5. The van der Waals surface area contributed by atoms with Crippen LogP contribution in [0.5, 0.6) is 0 Å². The molecule has 0 N–H and O–H groups in total. The van der Waals surface area contributed by atoms with Gasteiger partial charge in [-0.3, -0.25) is 4.68 Å². The van der Waals surface area contributed by atoms with Gasteiger partial charge in [0.1, 0.15) is 5.56 Å². The lowest BCUT2D eigenvalue weighted by molar-refractivity contribution is 0.0525. The fourth-order valence-electron chi connectivity index (χ4n) is 1.26. The molecule has 0 aliphatic rings. The van der Waals surface area contributed by atoms with Gasteiger partial charge in [-0.15, -0.1) is 0 Å². The van der Waals surface area contributed by atoms with Crippen molar-refractivity contribution in [3.8, 4) is 0 Å². The fourth-order valence-corrected chi connectivity index (χ4v) is 2.10. The zero-order valence-corrected chi connectivity index (χ0v) is 10.2. The molecule has 0 aliphatic carbocycles. The van der Waals surface area contributed by atoms with E-state index in [0.717, 1.165) is 6.26 Å². The fraction of sp³-hybridized carbons (Fsp3) is 0.556. The standard InChI is InChI=1S/C9H14N2O4S/c1-4-15-9(12)7-5-10-11(2)8(7)6-16(3,13)14/h5H,4,6H2,1-3H3. The Morgan fingerprint density at radius 3 is 2.69 bits per heavy atom. The Kier molecular flexibility index (Phi) is 3.69. The molecule has 0 amide bonds. The van der Waals surface area contributed by atoms with Crippen molar-refractivity contribution in [3.63, 3.8) is 0 Å². The van der Waals surface area contributed by atoms with Crippen LogP contribution < -0.4 is 0 Å². The van der Waals surface area contributed by atoms with Gasteiger partial charge < -0.3 is 4.74 Å². The van der Waals surface area contributed by atoms with Gasteiger partial charge >= 0.3 is 5.97 Å². The van der Waals surface area contributed by atoms with Crippen molar-refractivity contribution in [2.24, 2.45) is 7.05 Å². The summed E-state index contributed by atoms with van der Waals surface area (Å²) in [5.41, 5.74) is 0.552. The maximum Gasteiger partial charge on any atom is 0.341 e. The normalized spacial score (nSPS) is 11.4. The topological polar surface area (TPSA) is 78.3 Å². The van der Waals surface area contributed by atoms with E-state index >= 15 is 0 Å². The van der Waals surface area contributed by atoms with Gasteiger partial charge in [0.2, 0.25) is 0 Å². The van der Waals surface area contributed by atoms with Gasteiger partial charge in [0.25, 0.3) is 0 Å². The summed E-state index contributed by atoms with van der Waals surface area (Å²) in [4.78, 5) is 11.5. The molecule has 16 heavy (non-hydrogen) atoms. The summed E-state index contributed by atoms with van der Waals surface area (Å²) in [6.07, 6.45) is 2.42. The molecule has 1 aromatic rings. The highest BCUT2D eigenvalue weighted by molar-refractivity contribution is 7.89. The predicted octanol–water partition coefficient (Wildman–Crippen LogP) is 0.141. The van der Waals surface area contributed by atoms with Crippen molar-refractivity contribution in [1.29, 1.82) is 0 Å². The summed E-state index contributed by atoms with van der Waals surface area (Å²) in [7, 11) is -1.62. The molecule has 0 saturated carbocycles. The molecule has 0 spiro atoms. The molecule has 0 radical (unpaired) electrons. The third-order valence-corrected chi connectivity index (χ3v) is 2.75. The second-order valence-corrected chi connectivity index (χ2v) is 5.56. The molecule has 0 bridgehead atoms. The number of ether oxygens (including phenoxy) is 1. The van der Waals surface area contributed by atoms with E-state index in [1.165, 1.54) is 10.9 Å². The van der Waals surface area contributed by atoms with Gasteiger partial charge in [0.15, 0.2) is 9.84 Å². The first-order valence-corrected chi connectivity index (χ1v) is 6.77. The minimum Gasteiger partial charge on any atom is -0.462 e. The number of rotatable bonds is 4. The molecule has 1 aromatic heterocycles. The first-order chi connectivity index (χ1) is 7.35. The van der Waals surface area contributed by atoms with Crippen LogP contribution in [0.25, 0.3) is 0 Å². The minimum atomic E-state index is -3.21. The molecule has 7 heteroatoms. The highest BCUT2D eigenvalue weighted by atomic mass is 32.2. The zero-order valence-electron chi connectivity index (χ0n) is 9.43. The summed E-state index contributed by atoms with van der Waals surface area (Å²) in [6, 6.07) is 0. The van der Waals surface area contributed by atoms with E-state index in [2.05, 4.69) is 5.10 Å². The number of esters is 1. The predicted molar refractivity (Wildman–Crippen MR) is 57.7 cm³/mol. The number of carbonyl (C=O) groups is 1. The molecule has 0 saturated heterocycles. The van der Waals surface area contributed by atoms with Crippen molar-refractivity contribution >= 4 is 15.8 Å². The van der Waals surface area contributed by atoms with Gasteiger partial charge in [-0.2, -0.15) is 5.10 Å². The Bertz CT molecular complexity index is 490. The Labute approximate surface area is 94.1 Å². The molecule has 1 rings (SSSR count). The second-order valence-electron chi connectivity index (χ2n) is 3.42. The van der Waals surface area contributed by atoms with Crippen molar-refractivity contribution < 1.29 is 17.9 Å². The molecular formula is C9H14N2O4S. The van der Waals surface area contributed by atoms with Crippen LogP contribution in [0.1, 0.15) is 23.0 Å². The first kappa shape index (κ1) is 12.7. The van der Waals surface area contributed by atoms with Crippen molar-refractivity contribution in [3.05, 3.63) is 17.5 Å². The van der Waals surface area contributed by atoms with Crippen LogP contribution in [-0.4, -0.2) is 37.0 Å². The van der Waals surface area contributed by atoms with Crippen LogP contribution in [0.3, 0.4) is 0 Å². The average molecular weight is 246 g/mol. The Balaban J connectivity index is 3.08. The summed E-state index contributed by atoms with van der Waals surface area (Å²) < 4.78 is 28.6. The summed E-state index contributed by atoms with van der Waals surface area (Å²) >= 11 is 0. The van der Waals surface area contributed by atoms with E-state index in [4.69, 9.17) is 4.74 Å². The molecule has 0 fully saturated rings. The van der Waals surface area contributed by atoms with Crippen LogP contribution in [0, 0.1) is 0 Å². The van der Waals surface area contributed by atoms with Crippen LogP contribution in [0.15, 0.2) is 6.20 Å². The Morgan fingerprint density at radius 1 is 1.56 bits per heavy atom. The smallest absolute Gasteiger partial charge is 0.341 e. The molecule has 90 valence electrons. The van der Waals surface area contributed by atoms with Crippen LogP contribution in [0.4, 0.5) is 0 Å². The summed E-state index contributed by atoms with van der Waals surface area (Å²) in [5, 5.41) is 3.86. The third kappa shape index (κ3) is 3.06. The lowest BCUT2D eigenvalue weighted by atomic mass is 10.3. The Hall–Kier alpha value is -1.37. The molecule has 6 nitrogen and oxygen atoms in total. The lowest BCUT2D eigenvalue weighted by Crippen LogP contribution is -2.12. The van der Waals surface area contributed by atoms with Crippen LogP contribution in [-0.2, 0) is 27.4 Å². The first-order valence-electron chi connectivity index (χ1n) is 4.71. The van der Waals surface area contributed by atoms with Gasteiger partial charge in [0, 0.05) is 13.3 Å². The molecular weight excluding hydrogens is 232 g/mol. The number of sulfone groups is 1. The monoisotopic (exact) mass is 246 g/mol. The number of carbonyl (C=O) groups excluding carboxylic acids is 1. The van der Waals surface area contributed by atoms with Gasteiger partial charge in [-0.25, -0.2) is 13.2 Å². The zero-order chi connectivity index (χ0) is 12.3. The van der Waals surface area contributed by atoms with Crippen molar-refractivity contribution in [1.82, 2.24) is 9.78 Å². The molecule has 0 atom stereocenters. The summed E-state index contributed by atoms with van der Waals surface area (Å²) in [6.45, 7) is 1.93. The van der Waals surface area contributed by atoms with Gasteiger partial charge in [-0.1, -0.05) is 0 Å². The maximum absolute atomic E-state index is 11.5. The molecule has 0 unspecified atom stereocenters. The minimum absolute atomic E-state index is 0.203. The van der Waals surface area contributed by atoms with Crippen LogP contribution in [0.2, 0.25) is 0 Å². The molecule has 0 aromatic carbocycles. The number of hydrogen-bond donors (Lipinski definition) is 0. The van der Waals surface area contributed by atoms with E-state index in [1.54, 1.807) is 14.0 Å². The highest BCUT2D eigenvalue weighted by Gasteiger charge is 2.20.